The molecule has 7 rings (SSSR count). The molecule has 2 fully saturated rings. The Morgan fingerprint density at radius 1 is 0.982 bits per heavy atom. The molecule has 4 aromatic rings. The number of hydrogen-bond acceptors (Lipinski definition) is 7. The van der Waals surface area contributed by atoms with Crippen LogP contribution in [-0.4, -0.2) is 70.0 Å². The number of fused-ring (bicyclic) bond motifs is 6. The lowest BCUT2D eigenvalue weighted by Crippen LogP contribution is -2.62. The van der Waals surface area contributed by atoms with Crippen molar-refractivity contribution >= 4 is 53.4 Å². The molecule has 3 aliphatic rings. The summed E-state index contributed by atoms with van der Waals surface area (Å²) in [5, 5.41) is 1.74. The van der Waals surface area contributed by atoms with Crippen LogP contribution < -0.4 is 4.90 Å². The Balaban J connectivity index is 1.44. The van der Waals surface area contributed by atoms with E-state index in [-0.39, 0.29) is 46.4 Å². The predicted molar refractivity (Wildman–Crippen MR) is 219 cm³/mol. The number of thioether (sulfide) groups is 1. The lowest BCUT2D eigenvalue weighted by molar-refractivity contribution is 0.00600. The molecule has 2 saturated heterocycles. The molecule has 7 nitrogen and oxygen atoms in total. The molecule has 0 spiro atoms. The third-order valence-corrected chi connectivity index (χ3v) is 19.0. The number of amides is 1. The Morgan fingerprint density at radius 3 is 2.35 bits per heavy atom. The molecule has 3 aliphatic heterocycles. The standard InChI is InChI=1S/C43H52F3N5O2SSi/c1-11-54-41-48-39-35-38(31(45)21-33-32-18-16-27(22-50(33)40(35)49-41)51(32)42(52)53-43(8,9)10)47-37(36(39)46)29-14-12-13-26-15-17-30(44)28(34(26)29)19-20-55(23(2)3,24(4)5)25(6)7/h12-15,17,23-25,27,31-33H,11,16,18,21-22H2,1-10H3/t27-,31+,32+,33-/m1/s1. The first kappa shape index (κ1) is 39.4. The zero-order valence-electron chi connectivity index (χ0n) is 33.6. The molecule has 0 N–H and O–H groups in total. The van der Waals surface area contributed by atoms with Crippen molar-refractivity contribution in [1.29, 1.82) is 0 Å². The molecule has 1 amide bonds. The monoisotopic (exact) mass is 787 g/mol. The van der Waals surface area contributed by atoms with Crippen molar-refractivity contribution in [3.8, 4) is 22.7 Å². The molecule has 2 aromatic heterocycles. The number of halogens is 3. The smallest absolute Gasteiger partial charge is 0.410 e. The summed E-state index contributed by atoms with van der Waals surface area (Å²) >= 11 is 1.38. The first-order valence-corrected chi connectivity index (χ1v) is 22.9. The Bertz CT molecular complexity index is 2210. The van der Waals surface area contributed by atoms with E-state index in [2.05, 4.69) is 57.9 Å². The van der Waals surface area contributed by atoms with Gasteiger partial charge in [0.2, 0.25) is 0 Å². The van der Waals surface area contributed by atoms with Gasteiger partial charge in [-0.3, -0.25) is 4.90 Å². The van der Waals surface area contributed by atoms with Gasteiger partial charge in [-0.15, -0.1) is 5.54 Å². The fourth-order valence-corrected chi connectivity index (χ4v) is 15.5. The van der Waals surface area contributed by atoms with Gasteiger partial charge in [0.05, 0.1) is 34.8 Å². The summed E-state index contributed by atoms with van der Waals surface area (Å²) in [7, 11) is -2.28. The quantitative estimate of drug-likeness (QED) is 0.0834. The average Bonchev–Trinajstić information content (AvgIpc) is 3.38. The van der Waals surface area contributed by atoms with Gasteiger partial charge in [0, 0.05) is 23.9 Å². The summed E-state index contributed by atoms with van der Waals surface area (Å²) in [6.45, 7) is 21.1. The third kappa shape index (κ3) is 6.67. The Hall–Kier alpha value is -3.82. The Labute approximate surface area is 328 Å². The fraction of sp³-hybridized carbons (Fsp3) is 0.535. The first-order chi connectivity index (χ1) is 26.0. The first-order valence-electron chi connectivity index (χ1n) is 19.7. The molecule has 2 bridgehead atoms. The molecule has 0 saturated carbocycles. The molecule has 55 heavy (non-hydrogen) atoms. The predicted octanol–water partition coefficient (Wildman–Crippen LogP) is 11.2. The van der Waals surface area contributed by atoms with Gasteiger partial charge in [-0.25, -0.2) is 32.9 Å². The van der Waals surface area contributed by atoms with Crippen molar-refractivity contribution in [3.05, 3.63) is 53.2 Å². The van der Waals surface area contributed by atoms with E-state index in [9.17, 15) is 4.79 Å². The van der Waals surface area contributed by atoms with Gasteiger partial charge in [0.1, 0.15) is 42.7 Å². The molecule has 0 unspecified atom stereocenters. The highest BCUT2D eigenvalue weighted by molar-refractivity contribution is 7.99. The number of carbonyl (C=O) groups excluding carboxylic acids is 1. The van der Waals surface area contributed by atoms with Gasteiger partial charge in [0.15, 0.2) is 11.0 Å². The number of hydrogen-bond donors (Lipinski definition) is 0. The Kier molecular flexibility index (Phi) is 10.5. The van der Waals surface area contributed by atoms with E-state index in [0.29, 0.717) is 62.7 Å². The summed E-state index contributed by atoms with van der Waals surface area (Å²) in [4.78, 5) is 31.9. The number of carbonyl (C=O) groups is 1. The molecule has 2 aromatic carbocycles. The molecule has 292 valence electrons. The zero-order valence-corrected chi connectivity index (χ0v) is 35.4. The maximum Gasteiger partial charge on any atom is 0.410 e. The van der Waals surface area contributed by atoms with Crippen LogP contribution in [0.25, 0.3) is 32.9 Å². The number of piperazine rings is 1. The number of nitrogens with zero attached hydrogens (tertiary/aromatic N) is 5. The number of benzene rings is 2. The van der Waals surface area contributed by atoms with Crippen LogP contribution in [0.4, 0.5) is 23.8 Å². The summed E-state index contributed by atoms with van der Waals surface area (Å²) in [6, 6.07) is 7.49. The van der Waals surface area contributed by atoms with Crippen LogP contribution in [0, 0.1) is 23.1 Å². The minimum absolute atomic E-state index is 0.0157. The molecule has 5 heterocycles. The number of anilines is 1. The highest BCUT2D eigenvalue weighted by Crippen LogP contribution is 2.49. The summed E-state index contributed by atoms with van der Waals surface area (Å²) in [5.41, 5.74) is 4.40. The topological polar surface area (TPSA) is 71.5 Å². The highest BCUT2D eigenvalue weighted by Gasteiger charge is 2.52. The van der Waals surface area contributed by atoms with Gasteiger partial charge >= 0.3 is 6.09 Å². The number of rotatable bonds is 6. The van der Waals surface area contributed by atoms with Crippen LogP contribution in [0.5, 0.6) is 0 Å². The molecule has 12 heteroatoms. The van der Waals surface area contributed by atoms with E-state index in [4.69, 9.17) is 19.7 Å². The maximum atomic E-state index is 17.4. The Morgan fingerprint density at radius 2 is 1.69 bits per heavy atom. The zero-order chi connectivity index (χ0) is 39.7. The van der Waals surface area contributed by atoms with Crippen molar-refractivity contribution in [1.82, 2.24) is 19.9 Å². The van der Waals surface area contributed by atoms with E-state index in [0.717, 1.165) is 6.42 Å². The molecule has 4 atom stereocenters. The summed E-state index contributed by atoms with van der Waals surface area (Å²) in [5.74, 6) is 3.18. The van der Waals surface area contributed by atoms with Crippen molar-refractivity contribution in [2.24, 2.45) is 0 Å². The van der Waals surface area contributed by atoms with Gasteiger partial charge in [0.25, 0.3) is 0 Å². The minimum atomic E-state index is -2.28. The molecular weight excluding hydrogens is 736 g/mol. The van der Waals surface area contributed by atoms with E-state index in [1.807, 2.05) is 33.8 Å². The fourth-order valence-electron chi connectivity index (χ4n) is 9.73. The van der Waals surface area contributed by atoms with E-state index in [1.165, 1.54) is 17.8 Å². The number of alkyl halides is 1. The van der Waals surface area contributed by atoms with E-state index < -0.39 is 43.6 Å². The van der Waals surface area contributed by atoms with Crippen LogP contribution in [0.1, 0.15) is 106 Å². The van der Waals surface area contributed by atoms with Crippen LogP contribution in [0.2, 0.25) is 16.6 Å². The van der Waals surface area contributed by atoms with Crippen LogP contribution in [0.3, 0.4) is 0 Å². The highest BCUT2D eigenvalue weighted by atomic mass is 32.2. The van der Waals surface area contributed by atoms with Crippen LogP contribution >= 0.6 is 11.8 Å². The molecule has 0 aliphatic carbocycles. The maximum absolute atomic E-state index is 17.4. The van der Waals surface area contributed by atoms with Crippen molar-refractivity contribution in [2.45, 2.75) is 140 Å². The van der Waals surface area contributed by atoms with Crippen LogP contribution in [-0.2, 0) is 4.74 Å². The van der Waals surface area contributed by atoms with Crippen molar-refractivity contribution in [3.63, 3.8) is 0 Å². The van der Waals surface area contributed by atoms with Crippen molar-refractivity contribution in [2.75, 3.05) is 17.2 Å². The number of pyridine rings is 1. The minimum Gasteiger partial charge on any atom is -0.444 e. The molecular formula is C43H52F3N5O2SSi. The summed E-state index contributed by atoms with van der Waals surface area (Å²) in [6.07, 6.45) is -0.581. The number of ether oxygens (including phenoxy) is 1. The summed E-state index contributed by atoms with van der Waals surface area (Å²) < 4.78 is 56.5. The lowest BCUT2D eigenvalue weighted by Gasteiger charge is -2.47. The second kappa shape index (κ2) is 14.6. The normalized spacial score (nSPS) is 21.0. The van der Waals surface area contributed by atoms with Crippen molar-refractivity contribution < 1.29 is 22.7 Å². The van der Waals surface area contributed by atoms with Gasteiger partial charge in [-0.1, -0.05) is 90.4 Å². The average molecular weight is 788 g/mol. The third-order valence-electron chi connectivity index (χ3n) is 12.0. The number of aromatic nitrogens is 3. The lowest BCUT2D eigenvalue weighted by atomic mass is 9.95. The van der Waals surface area contributed by atoms with Gasteiger partial charge < -0.3 is 9.64 Å². The van der Waals surface area contributed by atoms with Gasteiger partial charge in [-0.05, 0) is 67.4 Å². The van der Waals surface area contributed by atoms with E-state index in [1.54, 1.807) is 23.1 Å². The van der Waals surface area contributed by atoms with Crippen LogP contribution in [0.15, 0.2) is 35.5 Å². The van der Waals surface area contributed by atoms with Gasteiger partial charge in [-0.2, -0.15) is 0 Å². The molecule has 0 radical (unpaired) electrons. The van der Waals surface area contributed by atoms with E-state index >= 15 is 13.2 Å². The second-order valence-corrected chi connectivity index (χ2v) is 24.0. The largest absolute Gasteiger partial charge is 0.444 e. The second-order valence-electron chi connectivity index (χ2n) is 17.2. The SMILES string of the molecule is CCSc1nc2c3c(nc(-c4cccc5ccc(F)c(C#C[Si](C(C)C)(C(C)C)C(C)C)c45)c(F)c3n1)[C@@H](F)C[C@@H]1[C@@H]3CC[C@H](CN21)N3C(=O)OC(C)(C)C.